The quantitative estimate of drug-likeness (QED) is 0.734. The van der Waals surface area contributed by atoms with E-state index in [9.17, 15) is 4.79 Å². The summed E-state index contributed by atoms with van der Waals surface area (Å²) >= 11 is 0. The SMILES string of the molecule is CCO[C@H]1OC(C(=O)N2CC2)=C[C@@H](C)[C@@H]1CCCO. The number of aliphatic hydroxyl groups excluding tert-OH is 1. The van der Waals surface area contributed by atoms with E-state index < -0.39 is 0 Å². The van der Waals surface area contributed by atoms with Crippen molar-refractivity contribution in [3.63, 3.8) is 0 Å². The van der Waals surface area contributed by atoms with Crippen molar-refractivity contribution in [2.24, 2.45) is 11.8 Å². The van der Waals surface area contributed by atoms with Crippen molar-refractivity contribution in [1.82, 2.24) is 4.90 Å². The lowest BCUT2D eigenvalue weighted by molar-refractivity contribution is -0.172. The first kappa shape index (κ1) is 14.3. The van der Waals surface area contributed by atoms with Crippen LogP contribution in [0.25, 0.3) is 0 Å². The Balaban J connectivity index is 2.06. The van der Waals surface area contributed by atoms with E-state index in [0.717, 1.165) is 25.9 Å². The lowest BCUT2D eigenvalue weighted by Gasteiger charge is -2.35. The van der Waals surface area contributed by atoms with Crippen LogP contribution >= 0.6 is 0 Å². The second kappa shape index (κ2) is 6.39. The standard InChI is InChI=1S/C14H23NO4/c1-3-18-14-11(5-4-8-16)10(2)9-12(19-14)13(17)15-6-7-15/h9-11,14,16H,3-8H2,1-2H3/t10-,11+,14+/m1/s1. The summed E-state index contributed by atoms with van der Waals surface area (Å²) in [4.78, 5) is 13.8. The molecular weight excluding hydrogens is 246 g/mol. The molecule has 0 radical (unpaired) electrons. The summed E-state index contributed by atoms with van der Waals surface area (Å²) in [5.74, 6) is 0.800. The van der Waals surface area contributed by atoms with E-state index in [0.29, 0.717) is 12.4 Å². The molecule has 5 nitrogen and oxygen atoms in total. The molecule has 2 rings (SSSR count). The van der Waals surface area contributed by atoms with Crippen LogP contribution in [-0.2, 0) is 14.3 Å². The van der Waals surface area contributed by atoms with Crippen LogP contribution in [0.4, 0.5) is 0 Å². The zero-order chi connectivity index (χ0) is 13.8. The molecular formula is C14H23NO4. The first-order valence-corrected chi connectivity index (χ1v) is 7.07. The van der Waals surface area contributed by atoms with Crippen molar-refractivity contribution in [2.45, 2.75) is 33.0 Å². The maximum Gasteiger partial charge on any atom is 0.288 e. The summed E-state index contributed by atoms with van der Waals surface area (Å²) in [5, 5.41) is 8.96. The van der Waals surface area contributed by atoms with Crippen LogP contribution in [0.3, 0.4) is 0 Å². The summed E-state index contributed by atoms with van der Waals surface area (Å²) in [7, 11) is 0. The molecule has 1 amide bonds. The van der Waals surface area contributed by atoms with Crippen LogP contribution in [0.15, 0.2) is 11.8 Å². The Bertz CT molecular complexity index is 351. The van der Waals surface area contributed by atoms with Gasteiger partial charge in [-0.1, -0.05) is 6.92 Å². The third kappa shape index (κ3) is 3.48. The highest BCUT2D eigenvalue weighted by atomic mass is 16.7. The van der Waals surface area contributed by atoms with E-state index in [1.807, 2.05) is 13.0 Å². The number of nitrogens with zero attached hydrogens (tertiary/aromatic N) is 1. The van der Waals surface area contributed by atoms with Gasteiger partial charge in [0, 0.05) is 32.2 Å². The highest BCUT2D eigenvalue weighted by Gasteiger charge is 2.37. The predicted molar refractivity (Wildman–Crippen MR) is 70.1 cm³/mol. The maximum absolute atomic E-state index is 12.0. The Morgan fingerprint density at radius 1 is 1.58 bits per heavy atom. The van der Waals surface area contributed by atoms with Crippen LogP contribution < -0.4 is 0 Å². The molecule has 2 aliphatic heterocycles. The van der Waals surface area contributed by atoms with Crippen LogP contribution in [0.2, 0.25) is 0 Å². The molecule has 5 heteroatoms. The van der Waals surface area contributed by atoms with E-state index in [1.54, 1.807) is 4.90 Å². The molecule has 0 aliphatic carbocycles. The highest BCUT2D eigenvalue weighted by Crippen LogP contribution is 2.33. The van der Waals surface area contributed by atoms with Crippen LogP contribution in [0.1, 0.15) is 26.7 Å². The molecule has 0 aromatic heterocycles. The molecule has 108 valence electrons. The number of rotatable bonds is 6. The largest absolute Gasteiger partial charge is 0.459 e. The summed E-state index contributed by atoms with van der Waals surface area (Å²) in [6, 6.07) is 0. The van der Waals surface area contributed by atoms with Crippen LogP contribution in [0.5, 0.6) is 0 Å². The van der Waals surface area contributed by atoms with Gasteiger partial charge in [0.2, 0.25) is 6.29 Å². The molecule has 19 heavy (non-hydrogen) atoms. The zero-order valence-electron chi connectivity index (χ0n) is 11.7. The van der Waals surface area contributed by atoms with Crippen molar-refractivity contribution in [3.8, 4) is 0 Å². The van der Waals surface area contributed by atoms with Crippen molar-refractivity contribution < 1.29 is 19.4 Å². The van der Waals surface area contributed by atoms with E-state index in [4.69, 9.17) is 14.6 Å². The number of carbonyl (C=O) groups excluding carboxylic acids is 1. The molecule has 1 N–H and O–H groups in total. The number of amides is 1. The minimum absolute atomic E-state index is 0.0304. The fourth-order valence-electron chi connectivity index (χ4n) is 2.44. The molecule has 0 bridgehead atoms. The number of allylic oxidation sites excluding steroid dienone is 1. The predicted octanol–water partition coefficient (Wildman–Crippen LogP) is 1.13. The monoisotopic (exact) mass is 269 g/mol. The maximum atomic E-state index is 12.0. The number of carbonyl (C=O) groups is 1. The number of hydrogen-bond donors (Lipinski definition) is 1. The third-order valence-corrected chi connectivity index (χ3v) is 3.65. The first-order chi connectivity index (χ1) is 9.17. The molecule has 2 heterocycles. The van der Waals surface area contributed by atoms with Gasteiger partial charge in [0.15, 0.2) is 5.76 Å². The highest BCUT2D eigenvalue weighted by molar-refractivity contribution is 5.93. The van der Waals surface area contributed by atoms with Crippen LogP contribution in [-0.4, -0.2) is 48.5 Å². The molecule has 0 aromatic carbocycles. The van der Waals surface area contributed by atoms with Gasteiger partial charge in [-0.2, -0.15) is 0 Å². The Morgan fingerprint density at radius 3 is 2.89 bits per heavy atom. The molecule has 2 aliphatic rings. The number of hydrogen-bond acceptors (Lipinski definition) is 4. The van der Waals surface area contributed by atoms with Gasteiger partial charge in [-0.15, -0.1) is 0 Å². The molecule has 1 fully saturated rings. The van der Waals surface area contributed by atoms with Gasteiger partial charge < -0.3 is 19.5 Å². The van der Waals surface area contributed by atoms with Crippen molar-refractivity contribution in [2.75, 3.05) is 26.3 Å². The second-order valence-corrected chi connectivity index (χ2v) is 5.15. The summed E-state index contributed by atoms with van der Waals surface area (Å²) in [6.45, 7) is 6.36. The molecule has 3 atom stereocenters. The molecule has 1 saturated heterocycles. The Kier molecular flexibility index (Phi) is 4.82. The van der Waals surface area contributed by atoms with Gasteiger partial charge in [-0.3, -0.25) is 4.79 Å². The number of ether oxygens (including phenoxy) is 2. The lowest BCUT2D eigenvalue weighted by atomic mass is 9.87. The van der Waals surface area contributed by atoms with Gasteiger partial charge in [-0.25, -0.2) is 0 Å². The van der Waals surface area contributed by atoms with Gasteiger partial charge in [0.25, 0.3) is 5.91 Å². The van der Waals surface area contributed by atoms with Crippen LogP contribution in [0, 0.1) is 11.8 Å². The third-order valence-electron chi connectivity index (χ3n) is 3.65. The topological polar surface area (TPSA) is 58.8 Å². The van der Waals surface area contributed by atoms with Crippen molar-refractivity contribution in [3.05, 3.63) is 11.8 Å². The summed E-state index contributed by atoms with van der Waals surface area (Å²) < 4.78 is 11.4. The lowest BCUT2D eigenvalue weighted by Crippen LogP contribution is -2.37. The fourth-order valence-corrected chi connectivity index (χ4v) is 2.44. The average Bonchev–Trinajstić information content (AvgIpc) is 3.21. The van der Waals surface area contributed by atoms with E-state index in [2.05, 4.69) is 6.92 Å². The Hall–Kier alpha value is -1.07. The van der Waals surface area contributed by atoms with Gasteiger partial charge >= 0.3 is 0 Å². The minimum Gasteiger partial charge on any atom is -0.459 e. The van der Waals surface area contributed by atoms with Gasteiger partial charge in [0.1, 0.15) is 0 Å². The summed E-state index contributed by atoms with van der Waals surface area (Å²) in [5.41, 5.74) is 0. The minimum atomic E-state index is -0.379. The van der Waals surface area contributed by atoms with Crippen molar-refractivity contribution >= 4 is 5.91 Å². The summed E-state index contributed by atoms with van der Waals surface area (Å²) in [6.07, 6.45) is 3.09. The van der Waals surface area contributed by atoms with Crippen molar-refractivity contribution in [1.29, 1.82) is 0 Å². The molecule has 0 unspecified atom stereocenters. The first-order valence-electron chi connectivity index (χ1n) is 7.07. The molecule has 0 spiro atoms. The zero-order valence-corrected chi connectivity index (χ0v) is 11.7. The second-order valence-electron chi connectivity index (χ2n) is 5.15. The molecule has 0 aromatic rings. The Morgan fingerprint density at radius 2 is 2.32 bits per heavy atom. The molecule has 0 saturated carbocycles. The van der Waals surface area contributed by atoms with Gasteiger partial charge in [0.05, 0.1) is 0 Å². The Labute approximate surface area is 114 Å². The van der Waals surface area contributed by atoms with E-state index in [-0.39, 0.29) is 30.6 Å². The fraction of sp³-hybridized carbons (Fsp3) is 0.786. The van der Waals surface area contributed by atoms with Gasteiger partial charge in [-0.05, 0) is 31.8 Å². The normalized spacial score (nSPS) is 29.7. The smallest absolute Gasteiger partial charge is 0.288 e. The van der Waals surface area contributed by atoms with E-state index in [1.165, 1.54) is 0 Å². The average molecular weight is 269 g/mol. The number of aliphatic hydroxyl groups is 1. The van der Waals surface area contributed by atoms with E-state index >= 15 is 0 Å².